The molecule has 1 aromatic heterocycles. The van der Waals surface area contributed by atoms with E-state index in [0.29, 0.717) is 19.8 Å². The first kappa shape index (κ1) is 20.4. The fourth-order valence-corrected chi connectivity index (χ4v) is 4.00. The monoisotopic (exact) mass is 407 g/mol. The van der Waals surface area contributed by atoms with Crippen LogP contribution in [0.25, 0.3) is 11.0 Å². The number of ether oxygens (including phenoxy) is 2. The van der Waals surface area contributed by atoms with Gasteiger partial charge in [0.25, 0.3) is 0 Å². The van der Waals surface area contributed by atoms with Crippen molar-refractivity contribution in [3.05, 3.63) is 59.4 Å². The quantitative estimate of drug-likeness (QED) is 0.575. The number of para-hydroxylation sites is 2. The molecule has 6 nitrogen and oxygen atoms in total. The number of aryl methyl sites for hydroxylation is 3. The molecular formula is C24H29N3O3. The van der Waals surface area contributed by atoms with Gasteiger partial charge in [0.2, 0.25) is 5.91 Å². The SMILES string of the molecule is Cc1cc(C)cc(OCCCn2c(CNC(=O)C3CCCO3)nc3ccccc32)c1. The third kappa shape index (κ3) is 4.82. The Labute approximate surface area is 177 Å². The fraction of sp³-hybridized carbons (Fsp3) is 0.417. The van der Waals surface area contributed by atoms with Crippen molar-refractivity contribution in [2.45, 2.75) is 52.3 Å². The van der Waals surface area contributed by atoms with E-state index in [4.69, 9.17) is 14.5 Å². The van der Waals surface area contributed by atoms with Gasteiger partial charge in [-0.25, -0.2) is 4.98 Å². The number of imidazole rings is 1. The number of carbonyl (C=O) groups is 1. The molecule has 0 radical (unpaired) electrons. The Balaban J connectivity index is 1.40. The lowest BCUT2D eigenvalue weighted by atomic mass is 10.1. The standard InChI is InChI=1S/C24H29N3O3/c1-17-13-18(2)15-19(14-17)29-12-6-10-27-21-8-4-3-7-20(21)26-23(27)16-25-24(28)22-9-5-11-30-22/h3-4,7-8,13-15,22H,5-6,9-12,16H2,1-2H3,(H,25,28). The molecule has 1 N–H and O–H groups in total. The van der Waals surface area contributed by atoms with Crippen LogP contribution in [0.5, 0.6) is 5.75 Å². The Morgan fingerprint density at radius 2 is 2.03 bits per heavy atom. The predicted octanol–water partition coefficient (Wildman–Crippen LogP) is 3.92. The first-order valence-electron chi connectivity index (χ1n) is 10.6. The summed E-state index contributed by atoms with van der Waals surface area (Å²) < 4.78 is 13.6. The van der Waals surface area contributed by atoms with Crippen molar-refractivity contribution in [2.75, 3.05) is 13.2 Å². The van der Waals surface area contributed by atoms with Crippen LogP contribution in [0.2, 0.25) is 0 Å². The summed E-state index contributed by atoms with van der Waals surface area (Å²) >= 11 is 0. The smallest absolute Gasteiger partial charge is 0.249 e. The van der Waals surface area contributed by atoms with Crippen LogP contribution in [-0.2, 0) is 22.6 Å². The van der Waals surface area contributed by atoms with Gasteiger partial charge in [0.1, 0.15) is 17.7 Å². The summed E-state index contributed by atoms with van der Waals surface area (Å²) in [6.45, 7) is 6.61. The molecule has 0 spiro atoms. The average Bonchev–Trinajstić information content (AvgIpc) is 3.37. The summed E-state index contributed by atoms with van der Waals surface area (Å²) in [6.07, 6.45) is 2.25. The van der Waals surface area contributed by atoms with Crippen molar-refractivity contribution in [2.24, 2.45) is 0 Å². The molecule has 0 saturated carbocycles. The normalized spacial score (nSPS) is 16.1. The zero-order valence-electron chi connectivity index (χ0n) is 17.7. The molecule has 3 aromatic rings. The van der Waals surface area contributed by atoms with Crippen molar-refractivity contribution in [1.82, 2.24) is 14.9 Å². The molecule has 1 fully saturated rings. The predicted molar refractivity (Wildman–Crippen MR) is 117 cm³/mol. The van der Waals surface area contributed by atoms with E-state index in [2.05, 4.69) is 48.0 Å². The molecule has 1 unspecified atom stereocenters. The molecule has 1 atom stereocenters. The van der Waals surface area contributed by atoms with Crippen LogP contribution in [-0.4, -0.2) is 34.8 Å². The zero-order chi connectivity index (χ0) is 20.9. The molecule has 1 aliphatic heterocycles. The molecule has 1 amide bonds. The van der Waals surface area contributed by atoms with Crippen molar-refractivity contribution in [3.63, 3.8) is 0 Å². The summed E-state index contributed by atoms with van der Waals surface area (Å²) in [5.41, 5.74) is 4.42. The van der Waals surface area contributed by atoms with Crippen LogP contribution in [0.15, 0.2) is 42.5 Å². The second-order valence-corrected chi connectivity index (χ2v) is 7.91. The number of benzene rings is 2. The van der Waals surface area contributed by atoms with Crippen LogP contribution < -0.4 is 10.1 Å². The zero-order valence-corrected chi connectivity index (χ0v) is 17.7. The minimum Gasteiger partial charge on any atom is -0.494 e. The Morgan fingerprint density at radius 1 is 1.23 bits per heavy atom. The minimum atomic E-state index is -0.325. The lowest BCUT2D eigenvalue weighted by Gasteiger charge is -2.13. The average molecular weight is 408 g/mol. The molecule has 6 heteroatoms. The van der Waals surface area contributed by atoms with Crippen molar-refractivity contribution >= 4 is 16.9 Å². The fourth-order valence-electron chi connectivity index (χ4n) is 4.00. The first-order chi connectivity index (χ1) is 14.6. The number of aromatic nitrogens is 2. The number of amides is 1. The summed E-state index contributed by atoms with van der Waals surface area (Å²) in [4.78, 5) is 17.1. The number of fused-ring (bicyclic) bond motifs is 1. The third-order valence-electron chi connectivity index (χ3n) is 5.37. The van der Waals surface area contributed by atoms with Crippen molar-refractivity contribution < 1.29 is 14.3 Å². The number of hydrogen-bond acceptors (Lipinski definition) is 4. The van der Waals surface area contributed by atoms with Gasteiger partial charge in [0.15, 0.2) is 0 Å². The maximum Gasteiger partial charge on any atom is 0.249 e. The minimum absolute atomic E-state index is 0.0516. The lowest BCUT2D eigenvalue weighted by molar-refractivity contribution is -0.130. The van der Waals surface area contributed by atoms with Gasteiger partial charge in [0.05, 0.1) is 24.2 Å². The van der Waals surface area contributed by atoms with E-state index in [-0.39, 0.29) is 12.0 Å². The molecule has 2 heterocycles. The van der Waals surface area contributed by atoms with Crippen LogP contribution in [0.3, 0.4) is 0 Å². The van der Waals surface area contributed by atoms with Crippen molar-refractivity contribution in [1.29, 1.82) is 0 Å². The Kier molecular flexibility index (Phi) is 6.33. The van der Waals surface area contributed by atoms with Crippen molar-refractivity contribution in [3.8, 4) is 5.75 Å². The van der Waals surface area contributed by atoms with Crippen LogP contribution in [0.1, 0.15) is 36.2 Å². The highest BCUT2D eigenvalue weighted by Crippen LogP contribution is 2.19. The Bertz CT molecular complexity index is 1000. The van der Waals surface area contributed by atoms with E-state index in [1.807, 2.05) is 18.2 Å². The second-order valence-electron chi connectivity index (χ2n) is 7.91. The first-order valence-corrected chi connectivity index (χ1v) is 10.6. The summed E-state index contributed by atoms with van der Waals surface area (Å²) in [6, 6.07) is 14.3. The van der Waals surface area contributed by atoms with Gasteiger partial charge in [-0.3, -0.25) is 4.79 Å². The number of carbonyl (C=O) groups excluding carboxylic acids is 1. The molecule has 1 saturated heterocycles. The van der Waals surface area contributed by atoms with E-state index in [1.165, 1.54) is 11.1 Å². The van der Waals surface area contributed by atoms with E-state index < -0.39 is 0 Å². The Morgan fingerprint density at radius 3 is 2.80 bits per heavy atom. The van der Waals surface area contributed by atoms with Gasteiger partial charge in [-0.2, -0.15) is 0 Å². The summed E-state index contributed by atoms with van der Waals surface area (Å²) in [7, 11) is 0. The van der Waals surface area contributed by atoms with Gasteiger partial charge in [-0.1, -0.05) is 18.2 Å². The van der Waals surface area contributed by atoms with E-state index in [9.17, 15) is 4.79 Å². The van der Waals surface area contributed by atoms with Gasteiger partial charge in [-0.15, -0.1) is 0 Å². The van der Waals surface area contributed by atoms with Crippen LogP contribution >= 0.6 is 0 Å². The van der Waals surface area contributed by atoms with Gasteiger partial charge >= 0.3 is 0 Å². The Hall–Kier alpha value is -2.86. The maximum absolute atomic E-state index is 12.3. The molecule has 30 heavy (non-hydrogen) atoms. The third-order valence-corrected chi connectivity index (χ3v) is 5.37. The molecular weight excluding hydrogens is 378 g/mol. The number of hydrogen-bond donors (Lipinski definition) is 1. The topological polar surface area (TPSA) is 65.4 Å². The summed E-state index contributed by atoms with van der Waals surface area (Å²) in [5.74, 6) is 1.71. The van der Waals surface area contributed by atoms with Crippen LogP contribution in [0.4, 0.5) is 0 Å². The number of nitrogens with one attached hydrogen (secondary N) is 1. The van der Waals surface area contributed by atoms with E-state index in [1.54, 1.807) is 0 Å². The molecule has 2 aromatic carbocycles. The second kappa shape index (κ2) is 9.30. The van der Waals surface area contributed by atoms with Crippen LogP contribution in [0, 0.1) is 13.8 Å². The molecule has 158 valence electrons. The molecule has 0 aliphatic carbocycles. The molecule has 0 bridgehead atoms. The summed E-state index contributed by atoms with van der Waals surface area (Å²) in [5, 5.41) is 2.99. The largest absolute Gasteiger partial charge is 0.494 e. The molecule has 4 rings (SSSR count). The van der Waals surface area contributed by atoms with Gasteiger partial charge < -0.3 is 19.4 Å². The van der Waals surface area contributed by atoms with E-state index in [0.717, 1.165) is 48.4 Å². The highest BCUT2D eigenvalue weighted by atomic mass is 16.5. The highest BCUT2D eigenvalue weighted by molar-refractivity contribution is 5.81. The van der Waals surface area contributed by atoms with E-state index >= 15 is 0 Å². The lowest BCUT2D eigenvalue weighted by Crippen LogP contribution is -2.34. The van der Waals surface area contributed by atoms with Gasteiger partial charge in [-0.05, 0) is 68.5 Å². The van der Waals surface area contributed by atoms with Gasteiger partial charge in [0, 0.05) is 13.2 Å². The maximum atomic E-state index is 12.3. The highest BCUT2D eigenvalue weighted by Gasteiger charge is 2.23. The molecule has 1 aliphatic rings. The number of nitrogens with zero attached hydrogens (tertiary/aromatic N) is 2. The number of rotatable bonds is 8.